The first kappa shape index (κ1) is 37.9. The van der Waals surface area contributed by atoms with Crippen molar-refractivity contribution >= 4 is 85.8 Å². The molecule has 4 nitrogen and oxygen atoms in total. The molecule has 0 saturated heterocycles. The molecule has 5 heterocycles. The van der Waals surface area contributed by atoms with Crippen molar-refractivity contribution in [1.82, 2.24) is 0 Å². The lowest BCUT2D eigenvalue weighted by Gasteiger charge is -2.52. The number of hydrogen-bond donors (Lipinski definition) is 0. The number of aryl methyl sites for hydroxylation is 1. The van der Waals surface area contributed by atoms with Crippen molar-refractivity contribution in [2.45, 2.75) is 58.3 Å². The minimum atomic E-state index is -2.84. The van der Waals surface area contributed by atoms with E-state index in [-0.39, 0.29) is 17.7 Å². The summed E-state index contributed by atoms with van der Waals surface area (Å²) in [7, 11) is -2.84. The second kappa shape index (κ2) is 12.8. The van der Waals surface area contributed by atoms with Gasteiger partial charge in [-0.2, -0.15) is 0 Å². The summed E-state index contributed by atoms with van der Waals surface area (Å²) < 4.78 is 13.7. The summed E-state index contributed by atoms with van der Waals surface area (Å²) >= 11 is 0. The Kier molecular flexibility index (Phi) is 7.23. The highest BCUT2D eigenvalue weighted by molar-refractivity contribution is 7.24. The molecule has 6 aliphatic rings. The van der Waals surface area contributed by atoms with Gasteiger partial charge >= 0.3 is 6.85 Å². The zero-order valence-corrected chi connectivity index (χ0v) is 39.4. The van der Waals surface area contributed by atoms with E-state index in [9.17, 15) is 0 Å². The van der Waals surface area contributed by atoms with Crippen LogP contribution in [0.25, 0.3) is 33.0 Å². The van der Waals surface area contributed by atoms with Crippen molar-refractivity contribution in [3.8, 4) is 45.3 Å². The predicted molar refractivity (Wildman–Crippen MR) is 280 cm³/mol. The number of nitrogens with zero attached hydrogens (tertiary/aromatic N) is 2. The standard InChI is InChI=1S/C61H47BN2O2Si/c1-36-31-43-44(61(4,5)30-29-60(43,2)3)33-47(36)63-48-35-52-51(65-49-23-11-12-24-50(49)66-52)34-45(48)62-57-42(32-37-17-6-7-18-38(37)59(57)63)41-21-16-28-56-58(41)64(62)46-22-10-15-27-55(46)67(56)53-25-13-8-19-39(53)40-20-9-14-26-54(40)67/h6-28,31-35H,29-30H2,1-5H3. The zero-order chi connectivity index (χ0) is 44.7. The van der Waals surface area contributed by atoms with Crippen molar-refractivity contribution in [3.63, 3.8) is 0 Å². The summed E-state index contributed by atoms with van der Waals surface area (Å²) in [6.45, 7) is 11.9. The van der Waals surface area contributed by atoms with Gasteiger partial charge in [-0.05, 0) is 137 Å². The van der Waals surface area contributed by atoms with Crippen LogP contribution in [0.2, 0.25) is 0 Å². The third kappa shape index (κ3) is 4.69. The number of rotatable bonds is 1. The first-order valence-electron chi connectivity index (χ1n) is 24.0. The van der Waals surface area contributed by atoms with Crippen LogP contribution in [0, 0.1) is 6.92 Å². The van der Waals surface area contributed by atoms with Gasteiger partial charge < -0.3 is 19.2 Å². The highest BCUT2D eigenvalue weighted by Gasteiger charge is 2.58. The van der Waals surface area contributed by atoms with E-state index in [1.54, 1.807) is 0 Å². The topological polar surface area (TPSA) is 24.9 Å². The summed E-state index contributed by atoms with van der Waals surface area (Å²) in [4.78, 5) is 5.36. The van der Waals surface area contributed by atoms with E-state index in [0.29, 0.717) is 0 Å². The molecule has 0 N–H and O–H groups in total. The molecule has 67 heavy (non-hydrogen) atoms. The molecule has 320 valence electrons. The monoisotopic (exact) mass is 878 g/mol. The van der Waals surface area contributed by atoms with E-state index in [4.69, 9.17) is 9.47 Å². The van der Waals surface area contributed by atoms with Gasteiger partial charge in [0.1, 0.15) is 0 Å². The molecule has 0 atom stereocenters. The van der Waals surface area contributed by atoms with Gasteiger partial charge in [0.05, 0.1) is 5.69 Å². The van der Waals surface area contributed by atoms with E-state index >= 15 is 0 Å². The van der Waals surface area contributed by atoms with Gasteiger partial charge in [-0.1, -0.05) is 155 Å². The maximum atomic E-state index is 6.88. The number of hydrogen-bond acceptors (Lipinski definition) is 4. The van der Waals surface area contributed by atoms with Gasteiger partial charge in [0.2, 0.25) is 0 Å². The molecule has 0 aromatic heterocycles. The molecule has 0 fully saturated rings. The van der Waals surface area contributed by atoms with Gasteiger partial charge in [-0.3, -0.25) is 0 Å². The lowest BCUT2D eigenvalue weighted by Crippen LogP contribution is -2.78. The molecule has 1 spiro atoms. The number of benzene rings is 9. The highest BCUT2D eigenvalue weighted by Crippen LogP contribution is 2.56. The van der Waals surface area contributed by atoms with E-state index in [2.05, 4.69) is 190 Å². The molecule has 1 aliphatic carbocycles. The van der Waals surface area contributed by atoms with Crippen LogP contribution in [0.4, 0.5) is 28.4 Å². The fourth-order valence-electron chi connectivity index (χ4n) is 13.5. The van der Waals surface area contributed by atoms with E-state index in [0.717, 1.165) is 35.1 Å². The normalized spacial score (nSPS) is 17.1. The van der Waals surface area contributed by atoms with Gasteiger partial charge in [0, 0.05) is 39.8 Å². The van der Waals surface area contributed by atoms with E-state index in [1.807, 2.05) is 24.3 Å². The van der Waals surface area contributed by atoms with Crippen LogP contribution in [0.5, 0.6) is 23.0 Å². The Bertz CT molecular complexity index is 3680. The molecule has 15 rings (SSSR count). The quantitative estimate of drug-likeness (QED) is 0.153. The van der Waals surface area contributed by atoms with Gasteiger partial charge in [0.25, 0.3) is 0 Å². The van der Waals surface area contributed by atoms with Crippen molar-refractivity contribution in [2.75, 3.05) is 9.71 Å². The van der Waals surface area contributed by atoms with E-state index in [1.165, 1.54) is 111 Å². The zero-order valence-electron chi connectivity index (χ0n) is 38.4. The molecule has 0 bridgehead atoms. The molecule has 0 amide bonds. The van der Waals surface area contributed by atoms with Crippen LogP contribution in [0.3, 0.4) is 0 Å². The third-order valence-electron chi connectivity index (χ3n) is 16.6. The summed E-state index contributed by atoms with van der Waals surface area (Å²) in [6.07, 6.45) is 2.31. The van der Waals surface area contributed by atoms with Gasteiger partial charge in [-0.15, -0.1) is 0 Å². The number of fused-ring (bicyclic) bond motifs is 18. The van der Waals surface area contributed by atoms with Crippen LogP contribution >= 0.6 is 0 Å². The first-order valence-corrected chi connectivity index (χ1v) is 26.0. The summed E-state index contributed by atoms with van der Waals surface area (Å²) in [5.41, 5.74) is 18.3. The molecule has 9 aromatic rings. The molecule has 6 heteroatoms. The maximum Gasteiger partial charge on any atom is 0.333 e. The number of anilines is 5. The summed E-state index contributed by atoms with van der Waals surface area (Å²) in [6, 6.07) is 64.5. The highest BCUT2D eigenvalue weighted by atomic mass is 28.3. The average molecular weight is 879 g/mol. The number of ether oxygens (including phenoxy) is 2. The Balaban J connectivity index is 1.10. The largest absolute Gasteiger partial charge is 0.450 e. The minimum Gasteiger partial charge on any atom is -0.450 e. The molecular formula is C61H47BN2O2Si. The molecule has 9 aromatic carbocycles. The van der Waals surface area contributed by atoms with E-state index < -0.39 is 8.07 Å². The fourth-order valence-corrected chi connectivity index (χ4v) is 19.1. The van der Waals surface area contributed by atoms with Crippen LogP contribution in [0.15, 0.2) is 170 Å². The van der Waals surface area contributed by atoms with Crippen molar-refractivity contribution < 1.29 is 9.47 Å². The lowest BCUT2D eigenvalue weighted by atomic mass is 9.43. The second-order valence-electron chi connectivity index (χ2n) is 21.0. The Hall–Kier alpha value is -7.28. The maximum absolute atomic E-state index is 6.88. The van der Waals surface area contributed by atoms with Gasteiger partial charge in [-0.25, -0.2) is 0 Å². The van der Waals surface area contributed by atoms with Crippen molar-refractivity contribution in [1.29, 1.82) is 0 Å². The molecular weight excluding hydrogens is 832 g/mol. The third-order valence-corrected chi connectivity index (χ3v) is 21.6. The Morgan fingerprint density at radius 3 is 1.79 bits per heavy atom. The number of para-hydroxylation sites is 4. The molecule has 0 radical (unpaired) electrons. The van der Waals surface area contributed by atoms with Gasteiger partial charge in [0.15, 0.2) is 31.1 Å². The Morgan fingerprint density at radius 1 is 0.478 bits per heavy atom. The first-order chi connectivity index (χ1) is 32.6. The Morgan fingerprint density at radius 2 is 1.06 bits per heavy atom. The van der Waals surface area contributed by atoms with Crippen molar-refractivity contribution in [2.24, 2.45) is 0 Å². The SMILES string of the molecule is Cc1cc2c(cc1N1c3cc4c(cc3B3c5c(cc6ccccc6c51)-c1cccc5c1N3c1ccccc1[Si]51c3ccccc3-c3ccccc31)Oc1ccccc1O4)C(C)(C)CCC2(C)C. The van der Waals surface area contributed by atoms with Crippen LogP contribution < -0.4 is 50.9 Å². The van der Waals surface area contributed by atoms with Crippen LogP contribution in [-0.2, 0) is 10.8 Å². The molecule has 5 aliphatic heterocycles. The second-order valence-corrected chi connectivity index (χ2v) is 24.7. The minimum absolute atomic E-state index is 0.0212. The lowest BCUT2D eigenvalue weighted by molar-refractivity contribution is 0.332. The Labute approximate surface area is 393 Å². The summed E-state index contributed by atoms with van der Waals surface area (Å²) in [5, 5.41) is 8.32. The fraction of sp³-hybridized carbons (Fsp3) is 0.148. The van der Waals surface area contributed by atoms with Crippen molar-refractivity contribution in [3.05, 3.63) is 187 Å². The smallest absolute Gasteiger partial charge is 0.333 e. The molecule has 0 unspecified atom stereocenters. The summed E-state index contributed by atoms with van der Waals surface area (Å²) in [5.74, 6) is 2.93. The predicted octanol–water partition coefficient (Wildman–Crippen LogP) is 11.8. The molecule has 0 saturated carbocycles. The van der Waals surface area contributed by atoms with Crippen LogP contribution in [0.1, 0.15) is 57.2 Å². The van der Waals surface area contributed by atoms with Crippen LogP contribution in [-0.4, -0.2) is 14.9 Å². The average Bonchev–Trinajstić information content (AvgIpc) is 3.64.